The Labute approximate surface area is 146 Å². The van der Waals surface area contributed by atoms with Gasteiger partial charge in [0, 0.05) is 31.1 Å². The van der Waals surface area contributed by atoms with Crippen molar-refractivity contribution in [1.29, 1.82) is 0 Å². The van der Waals surface area contributed by atoms with Crippen molar-refractivity contribution in [1.82, 2.24) is 20.4 Å². The predicted molar refractivity (Wildman–Crippen MR) is 90.6 cm³/mol. The summed E-state index contributed by atoms with van der Waals surface area (Å²) in [5, 5.41) is 6.98. The number of hydrogen-bond acceptors (Lipinski definition) is 5. The Hall–Kier alpha value is -2.28. The zero-order chi connectivity index (χ0) is 17.8. The van der Waals surface area contributed by atoms with E-state index in [-0.39, 0.29) is 23.8 Å². The number of nitrogens with one attached hydrogen (secondary N) is 1. The van der Waals surface area contributed by atoms with E-state index in [1.807, 2.05) is 6.92 Å². The molecule has 0 saturated carbocycles. The molecule has 1 saturated heterocycles. The number of aryl methyl sites for hydroxylation is 1. The minimum absolute atomic E-state index is 0.0709. The lowest BCUT2D eigenvalue weighted by atomic mass is 10.0. The molecule has 7 heteroatoms. The SMILES string of the molecule is CCc1noc([C@@H](C)N2CCC(NC(=O)c3ccc(F)cc3)CC2)n1. The molecule has 0 bridgehead atoms. The average Bonchev–Trinajstić information content (AvgIpc) is 3.11. The Balaban J connectivity index is 1.51. The second kappa shape index (κ2) is 7.74. The van der Waals surface area contributed by atoms with Crippen molar-refractivity contribution in [3.05, 3.63) is 47.4 Å². The number of nitrogens with zero attached hydrogens (tertiary/aromatic N) is 3. The van der Waals surface area contributed by atoms with Gasteiger partial charge in [0.2, 0.25) is 5.89 Å². The molecule has 134 valence electrons. The third kappa shape index (κ3) is 4.22. The molecule has 1 aromatic heterocycles. The molecule has 2 aromatic rings. The Kier molecular flexibility index (Phi) is 5.43. The predicted octanol–water partition coefficient (Wildman–Crippen LogP) is 2.73. The van der Waals surface area contributed by atoms with E-state index in [0.29, 0.717) is 11.5 Å². The Morgan fingerprint density at radius 1 is 1.36 bits per heavy atom. The summed E-state index contributed by atoms with van der Waals surface area (Å²) in [5.41, 5.74) is 0.482. The van der Waals surface area contributed by atoms with Crippen LogP contribution in [0.5, 0.6) is 0 Å². The Morgan fingerprint density at radius 2 is 2.04 bits per heavy atom. The number of carbonyl (C=O) groups is 1. The zero-order valence-electron chi connectivity index (χ0n) is 14.5. The van der Waals surface area contributed by atoms with Gasteiger partial charge in [-0.3, -0.25) is 9.69 Å². The monoisotopic (exact) mass is 346 g/mol. The second-order valence-electron chi connectivity index (χ2n) is 6.37. The maximum atomic E-state index is 12.9. The van der Waals surface area contributed by atoms with E-state index in [0.717, 1.165) is 38.2 Å². The van der Waals surface area contributed by atoms with Crippen molar-refractivity contribution in [3.8, 4) is 0 Å². The van der Waals surface area contributed by atoms with Crippen LogP contribution in [0.25, 0.3) is 0 Å². The van der Waals surface area contributed by atoms with E-state index in [4.69, 9.17) is 4.52 Å². The van der Waals surface area contributed by atoms with Gasteiger partial charge in [-0.1, -0.05) is 12.1 Å². The number of hydrogen-bond donors (Lipinski definition) is 1. The van der Waals surface area contributed by atoms with Gasteiger partial charge >= 0.3 is 0 Å². The number of aromatic nitrogens is 2. The van der Waals surface area contributed by atoms with Crippen LogP contribution in [0.15, 0.2) is 28.8 Å². The lowest BCUT2D eigenvalue weighted by Crippen LogP contribution is -2.45. The van der Waals surface area contributed by atoms with E-state index in [1.165, 1.54) is 24.3 Å². The van der Waals surface area contributed by atoms with Gasteiger partial charge in [0.1, 0.15) is 5.82 Å². The summed E-state index contributed by atoms with van der Waals surface area (Å²) in [5.74, 6) is 0.871. The molecular weight excluding hydrogens is 323 g/mol. The number of amides is 1. The van der Waals surface area contributed by atoms with E-state index in [2.05, 4.69) is 27.3 Å². The van der Waals surface area contributed by atoms with Crippen LogP contribution in [0.2, 0.25) is 0 Å². The highest BCUT2D eigenvalue weighted by atomic mass is 19.1. The summed E-state index contributed by atoms with van der Waals surface area (Å²) in [6, 6.07) is 5.80. The van der Waals surface area contributed by atoms with Crippen molar-refractivity contribution < 1.29 is 13.7 Å². The van der Waals surface area contributed by atoms with Crippen molar-refractivity contribution in [2.45, 2.75) is 45.2 Å². The molecule has 1 fully saturated rings. The summed E-state index contributed by atoms with van der Waals surface area (Å²) in [4.78, 5) is 18.9. The number of likely N-dealkylation sites (tertiary alicyclic amines) is 1. The highest BCUT2D eigenvalue weighted by molar-refractivity contribution is 5.94. The summed E-state index contributed by atoms with van der Waals surface area (Å²) in [7, 11) is 0. The van der Waals surface area contributed by atoms with E-state index < -0.39 is 0 Å². The maximum absolute atomic E-state index is 12.9. The third-order valence-electron chi connectivity index (χ3n) is 4.68. The van der Waals surface area contributed by atoms with Gasteiger partial charge in [-0.15, -0.1) is 0 Å². The summed E-state index contributed by atoms with van der Waals surface area (Å²) >= 11 is 0. The topological polar surface area (TPSA) is 71.3 Å². The number of benzene rings is 1. The van der Waals surface area contributed by atoms with Crippen molar-refractivity contribution >= 4 is 5.91 Å². The van der Waals surface area contributed by atoms with Crippen LogP contribution in [0, 0.1) is 5.82 Å². The van der Waals surface area contributed by atoms with Gasteiger partial charge in [-0.05, 0) is 44.0 Å². The fourth-order valence-corrected chi connectivity index (χ4v) is 3.04. The van der Waals surface area contributed by atoms with Gasteiger partial charge in [0.25, 0.3) is 5.91 Å². The first kappa shape index (κ1) is 17.5. The smallest absolute Gasteiger partial charge is 0.251 e. The van der Waals surface area contributed by atoms with Crippen LogP contribution in [-0.4, -0.2) is 40.1 Å². The van der Waals surface area contributed by atoms with Gasteiger partial charge in [-0.25, -0.2) is 4.39 Å². The summed E-state index contributed by atoms with van der Waals surface area (Å²) < 4.78 is 18.3. The first-order valence-electron chi connectivity index (χ1n) is 8.69. The van der Waals surface area contributed by atoms with Gasteiger partial charge < -0.3 is 9.84 Å². The first-order valence-corrected chi connectivity index (χ1v) is 8.69. The third-order valence-corrected chi connectivity index (χ3v) is 4.68. The van der Waals surface area contributed by atoms with E-state index in [1.54, 1.807) is 0 Å². The van der Waals surface area contributed by atoms with Gasteiger partial charge in [-0.2, -0.15) is 4.98 Å². The minimum atomic E-state index is -0.342. The van der Waals surface area contributed by atoms with Gasteiger partial charge in [0.05, 0.1) is 6.04 Å². The maximum Gasteiger partial charge on any atom is 0.251 e. The summed E-state index contributed by atoms with van der Waals surface area (Å²) in [6.07, 6.45) is 2.46. The Bertz CT molecular complexity index is 708. The van der Waals surface area contributed by atoms with Crippen molar-refractivity contribution in [2.75, 3.05) is 13.1 Å². The molecule has 1 aliphatic heterocycles. The van der Waals surface area contributed by atoms with Crippen molar-refractivity contribution in [3.63, 3.8) is 0 Å². The zero-order valence-corrected chi connectivity index (χ0v) is 14.5. The van der Waals surface area contributed by atoms with Crippen LogP contribution in [-0.2, 0) is 6.42 Å². The second-order valence-corrected chi connectivity index (χ2v) is 6.37. The van der Waals surface area contributed by atoms with Crippen LogP contribution in [0.1, 0.15) is 54.8 Å². The Morgan fingerprint density at radius 3 is 2.64 bits per heavy atom. The van der Waals surface area contributed by atoms with Crippen molar-refractivity contribution in [2.24, 2.45) is 0 Å². The lowest BCUT2D eigenvalue weighted by molar-refractivity contribution is 0.0881. The molecule has 0 unspecified atom stereocenters. The molecule has 3 rings (SSSR count). The number of carbonyl (C=O) groups excluding carboxylic acids is 1. The molecule has 25 heavy (non-hydrogen) atoms. The highest BCUT2D eigenvalue weighted by Crippen LogP contribution is 2.23. The minimum Gasteiger partial charge on any atom is -0.349 e. The highest BCUT2D eigenvalue weighted by Gasteiger charge is 2.27. The fourth-order valence-electron chi connectivity index (χ4n) is 3.04. The molecular formula is C18H23FN4O2. The molecule has 1 amide bonds. The molecule has 2 heterocycles. The average molecular weight is 346 g/mol. The molecule has 1 aliphatic rings. The lowest BCUT2D eigenvalue weighted by Gasteiger charge is -2.34. The molecule has 0 aliphatic carbocycles. The normalized spacial score (nSPS) is 17.4. The number of rotatable bonds is 5. The van der Waals surface area contributed by atoms with E-state index in [9.17, 15) is 9.18 Å². The standard InChI is InChI=1S/C18H23FN4O2/c1-3-16-21-18(25-22-16)12(2)23-10-8-15(9-11-23)20-17(24)13-4-6-14(19)7-5-13/h4-7,12,15H,3,8-11H2,1-2H3,(H,20,24)/t12-/m1/s1. The van der Waals surface area contributed by atoms with E-state index >= 15 is 0 Å². The number of piperidine rings is 1. The molecule has 6 nitrogen and oxygen atoms in total. The first-order chi connectivity index (χ1) is 12.1. The largest absolute Gasteiger partial charge is 0.349 e. The van der Waals surface area contributed by atoms with Crippen LogP contribution < -0.4 is 5.32 Å². The molecule has 1 N–H and O–H groups in total. The van der Waals surface area contributed by atoms with Crippen LogP contribution >= 0.6 is 0 Å². The van der Waals surface area contributed by atoms with Gasteiger partial charge in [0.15, 0.2) is 5.82 Å². The molecule has 0 radical (unpaired) electrons. The quantitative estimate of drug-likeness (QED) is 0.901. The molecule has 0 spiro atoms. The molecule has 1 aromatic carbocycles. The summed E-state index contributed by atoms with van der Waals surface area (Å²) in [6.45, 7) is 5.75. The number of halogens is 1. The molecule has 1 atom stereocenters. The van der Waals surface area contributed by atoms with Crippen LogP contribution in [0.4, 0.5) is 4.39 Å². The van der Waals surface area contributed by atoms with Crippen LogP contribution in [0.3, 0.4) is 0 Å². The fraction of sp³-hybridized carbons (Fsp3) is 0.500.